The van der Waals surface area contributed by atoms with E-state index in [1.54, 1.807) is 36.4 Å². The van der Waals surface area contributed by atoms with Crippen molar-refractivity contribution in [1.82, 2.24) is 5.43 Å². The molecule has 9 heteroatoms. The third-order valence-corrected chi connectivity index (χ3v) is 5.67. The molecular formula is C25H22Br2N2O5. The summed E-state index contributed by atoms with van der Waals surface area (Å²) in [6.07, 6.45) is 1.39. The van der Waals surface area contributed by atoms with Gasteiger partial charge in [-0.1, -0.05) is 39.7 Å². The first-order valence-electron chi connectivity index (χ1n) is 10.1. The Labute approximate surface area is 214 Å². The number of esters is 1. The highest BCUT2D eigenvalue weighted by Crippen LogP contribution is 2.33. The highest BCUT2D eigenvalue weighted by Gasteiger charge is 2.16. The topological polar surface area (TPSA) is 86.2 Å². The Bertz CT molecular complexity index is 1240. The highest BCUT2D eigenvalue weighted by molar-refractivity contribution is 9.11. The molecule has 0 radical (unpaired) electrons. The maximum absolute atomic E-state index is 12.7. The molecule has 1 N–H and O–H groups in total. The van der Waals surface area contributed by atoms with Crippen LogP contribution >= 0.6 is 31.9 Å². The second kappa shape index (κ2) is 11.8. The molecule has 3 aromatic rings. The first kappa shape index (κ1) is 25.5. The van der Waals surface area contributed by atoms with Gasteiger partial charge < -0.3 is 14.2 Å². The number of hydrazone groups is 1. The summed E-state index contributed by atoms with van der Waals surface area (Å²) in [7, 11) is 1.52. The van der Waals surface area contributed by atoms with E-state index in [0.29, 0.717) is 27.1 Å². The van der Waals surface area contributed by atoms with Crippen LogP contribution in [0.2, 0.25) is 0 Å². The molecule has 0 aliphatic heterocycles. The summed E-state index contributed by atoms with van der Waals surface area (Å²) < 4.78 is 17.6. The molecule has 3 rings (SSSR count). The summed E-state index contributed by atoms with van der Waals surface area (Å²) in [6.45, 7) is 3.71. The molecule has 0 spiro atoms. The molecule has 7 nitrogen and oxygen atoms in total. The molecule has 3 aromatic carbocycles. The number of rotatable bonds is 8. The second-order valence-corrected chi connectivity index (χ2v) is 9.05. The Balaban J connectivity index is 1.68. The Morgan fingerprint density at radius 2 is 1.85 bits per heavy atom. The molecule has 0 fully saturated rings. The van der Waals surface area contributed by atoms with E-state index in [1.807, 2.05) is 32.0 Å². The number of nitrogens with zero attached hydrogens (tertiary/aromatic N) is 1. The minimum Gasteiger partial charge on any atom is -0.497 e. The van der Waals surface area contributed by atoms with Crippen LogP contribution in [-0.4, -0.2) is 31.8 Å². The van der Waals surface area contributed by atoms with Crippen LogP contribution in [0.1, 0.15) is 27.0 Å². The maximum atomic E-state index is 12.7. The van der Waals surface area contributed by atoms with Gasteiger partial charge in [-0.25, -0.2) is 10.2 Å². The lowest BCUT2D eigenvalue weighted by Crippen LogP contribution is -2.24. The lowest BCUT2D eigenvalue weighted by atomic mass is 10.1. The molecule has 0 atom stereocenters. The van der Waals surface area contributed by atoms with Crippen LogP contribution < -0.4 is 19.6 Å². The van der Waals surface area contributed by atoms with E-state index in [4.69, 9.17) is 14.2 Å². The van der Waals surface area contributed by atoms with E-state index in [0.717, 1.165) is 15.6 Å². The summed E-state index contributed by atoms with van der Waals surface area (Å²) in [6, 6.07) is 15.8. The monoisotopic (exact) mass is 588 g/mol. The summed E-state index contributed by atoms with van der Waals surface area (Å²) in [5.41, 5.74) is 5.27. The Morgan fingerprint density at radius 3 is 2.59 bits per heavy atom. The van der Waals surface area contributed by atoms with Gasteiger partial charge in [0.1, 0.15) is 11.5 Å². The number of amides is 1. The van der Waals surface area contributed by atoms with Gasteiger partial charge in [-0.15, -0.1) is 0 Å². The number of nitrogens with one attached hydrogen (secondary N) is 1. The zero-order chi connectivity index (χ0) is 24.7. The van der Waals surface area contributed by atoms with Gasteiger partial charge in [0.25, 0.3) is 5.91 Å². The van der Waals surface area contributed by atoms with Gasteiger partial charge in [-0.2, -0.15) is 5.10 Å². The Kier molecular flexibility index (Phi) is 8.84. The van der Waals surface area contributed by atoms with Crippen molar-refractivity contribution in [3.63, 3.8) is 0 Å². The zero-order valence-electron chi connectivity index (χ0n) is 18.7. The van der Waals surface area contributed by atoms with Crippen molar-refractivity contribution >= 4 is 50.0 Å². The van der Waals surface area contributed by atoms with Crippen LogP contribution in [0.15, 0.2) is 68.6 Å². The molecule has 0 aliphatic carbocycles. The number of ether oxygens (including phenoxy) is 3. The van der Waals surface area contributed by atoms with Crippen molar-refractivity contribution in [1.29, 1.82) is 0 Å². The molecule has 0 bridgehead atoms. The number of benzene rings is 3. The van der Waals surface area contributed by atoms with E-state index in [9.17, 15) is 9.59 Å². The van der Waals surface area contributed by atoms with Crippen LogP contribution in [0, 0.1) is 13.8 Å². The predicted molar refractivity (Wildman–Crippen MR) is 137 cm³/mol. The summed E-state index contributed by atoms with van der Waals surface area (Å²) in [5, 5.41) is 3.98. The van der Waals surface area contributed by atoms with Crippen LogP contribution in [0.3, 0.4) is 0 Å². The van der Waals surface area contributed by atoms with Gasteiger partial charge in [0.05, 0.1) is 23.4 Å². The number of hydrogen-bond acceptors (Lipinski definition) is 6. The van der Waals surface area contributed by atoms with E-state index in [2.05, 4.69) is 42.4 Å². The summed E-state index contributed by atoms with van der Waals surface area (Å²) >= 11 is 6.81. The zero-order valence-corrected chi connectivity index (χ0v) is 21.9. The van der Waals surface area contributed by atoms with Gasteiger partial charge >= 0.3 is 5.97 Å². The molecule has 0 saturated heterocycles. The molecule has 1 amide bonds. The van der Waals surface area contributed by atoms with E-state index in [1.165, 1.54) is 13.3 Å². The first-order valence-corrected chi connectivity index (χ1v) is 11.7. The van der Waals surface area contributed by atoms with Gasteiger partial charge in [-0.05, 0) is 71.7 Å². The smallest absolute Gasteiger partial charge is 0.343 e. The lowest BCUT2D eigenvalue weighted by molar-refractivity contribution is -0.123. The largest absolute Gasteiger partial charge is 0.497 e. The minimum absolute atomic E-state index is 0.193. The fourth-order valence-electron chi connectivity index (χ4n) is 3.00. The molecule has 0 unspecified atom stereocenters. The molecule has 176 valence electrons. The van der Waals surface area contributed by atoms with Gasteiger partial charge in [-0.3, -0.25) is 4.79 Å². The molecule has 34 heavy (non-hydrogen) atoms. The van der Waals surface area contributed by atoms with Crippen molar-refractivity contribution in [3.05, 3.63) is 85.8 Å². The summed E-state index contributed by atoms with van der Waals surface area (Å²) in [4.78, 5) is 24.8. The fraction of sp³-hybridized carbons (Fsp3) is 0.160. The van der Waals surface area contributed by atoms with Crippen LogP contribution in [0.5, 0.6) is 17.2 Å². The van der Waals surface area contributed by atoms with E-state index < -0.39 is 11.9 Å². The predicted octanol–water partition coefficient (Wildman–Crippen LogP) is 5.59. The van der Waals surface area contributed by atoms with Crippen molar-refractivity contribution in [2.75, 3.05) is 13.7 Å². The SMILES string of the molecule is COc1cccc(C(=O)Oc2c(Br)cc(Br)cc2C=NNC(=O)COc2ccc(C)cc2C)c1. The van der Waals surface area contributed by atoms with Crippen molar-refractivity contribution in [2.45, 2.75) is 13.8 Å². The molecule has 0 aromatic heterocycles. The molecule has 0 aliphatic rings. The standard InChI is InChI=1S/C25H22Br2N2O5/c1-15-7-8-22(16(2)9-15)33-14-23(30)29-28-13-18-10-19(26)12-21(27)24(18)34-25(31)17-5-4-6-20(11-17)32-3/h4-13H,14H2,1-3H3,(H,29,30). The second-order valence-electron chi connectivity index (χ2n) is 7.28. The fourth-order valence-corrected chi connectivity index (χ4v) is 4.34. The van der Waals surface area contributed by atoms with E-state index in [-0.39, 0.29) is 12.4 Å². The van der Waals surface area contributed by atoms with E-state index >= 15 is 0 Å². The number of methoxy groups -OCH3 is 1. The number of aryl methyl sites for hydroxylation is 2. The summed E-state index contributed by atoms with van der Waals surface area (Å²) in [5.74, 6) is 0.424. The number of halogens is 2. The van der Waals surface area contributed by atoms with Crippen LogP contribution in [-0.2, 0) is 4.79 Å². The third-order valence-electron chi connectivity index (χ3n) is 4.62. The third kappa shape index (κ3) is 6.91. The first-order chi connectivity index (χ1) is 16.3. The van der Waals surface area contributed by atoms with Gasteiger partial charge in [0.2, 0.25) is 0 Å². The maximum Gasteiger partial charge on any atom is 0.343 e. The Hall–Kier alpha value is -3.17. The highest BCUT2D eigenvalue weighted by atomic mass is 79.9. The van der Waals surface area contributed by atoms with Gasteiger partial charge in [0, 0.05) is 10.0 Å². The number of carbonyl (C=O) groups excluding carboxylic acids is 2. The quantitative estimate of drug-likeness (QED) is 0.160. The molecule has 0 heterocycles. The minimum atomic E-state index is -0.567. The van der Waals surface area contributed by atoms with Crippen molar-refractivity contribution < 1.29 is 23.8 Å². The van der Waals surface area contributed by atoms with Gasteiger partial charge in [0.15, 0.2) is 12.4 Å². The number of carbonyl (C=O) groups is 2. The molecular weight excluding hydrogens is 568 g/mol. The normalized spacial score (nSPS) is 10.7. The average molecular weight is 590 g/mol. The average Bonchev–Trinajstić information content (AvgIpc) is 2.80. The van der Waals surface area contributed by atoms with Crippen LogP contribution in [0.25, 0.3) is 0 Å². The number of hydrogen-bond donors (Lipinski definition) is 1. The molecule has 0 saturated carbocycles. The lowest BCUT2D eigenvalue weighted by Gasteiger charge is -2.11. The van der Waals surface area contributed by atoms with Crippen LogP contribution in [0.4, 0.5) is 0 Å². The Morgan fingerprint density at radius 1 is 1.06 bits per heavy atom. The van der Waals surface area contributed by atoms with Crippen molar-refractivity contribution in [2.24, 2.45) is 5.10 Å². The van der Waals surface area contributed by atoms with Crippen molar-refractivity contribution in [3.8, 4) is 17.2 Å².